The molecule has 0 saturated heterocycles. The summed E-state index contributed by atoms with van der Waals surface area (Å²) in [5, 5.41) is 10.1. The van der Waals surface area contributed by atoms with Crippen molar-refractivity contribution in [2.75, 3.05) is 0 Å². The number of hydrogen-bond acceptors (Lipinski definition) is 3. The molecule has 0 bridgehead atoms. The molecule has 108 valence electrons. The highest BCUT2D eigenvalue weighted by molar-refractivity contribution is 5.89. The number of ether oxygens (including phenoxy) is 1. The van der Waals surface area contributed by atoms with Crippen molar-refractivity contribution in [1.82, 2.24) is 0 Å². The zero-order chi connectivity index (χ0) is 14.8. The first-order valence-electron chi connectivity index (χ1n) is 7.03. The molecule has 3 nitrogen and oxygen atoms in total. The molecule has 1 N–H and O–H groups in total. The molecule has 0 fully saturated rings. The van der Waals surface area contributed by atoms with E-state index < -0.39 is 5.60 Å². The summed E-state index contributed by atoms with van der Waals surface area (Å²) in [5.41, 5.74) is 0.870. The Kier molecular flexibility index (Phi) is 4.29. The van der Waals surface area contributed by atoms with E-state index in [9.17, 15) is 9.90 Å². The number of aliphatic hydroxyl groups is 1. The van der Waals surface area contributed by atoms with Gasteiger partial charge in [0.05, 0.1) is 11.2 Å². The van der Waals surface area contributed by atoms with E-state index in [1.54, 1.807) is 12.1 Å². The summed E-state index contributed by atoms with van der Waals surface area (Å²) in [6.45, 7) is 5.59. The van der Waals surface area contributed by atoms with Crippen LogP contribution in [0.3, 0.4) is 0 Å². The Balaban J connectivity index is 2.07. The van der Waals surface area contributed by atoms with Crippen LogP contribution < -0.4 is 0 Å². The highest BCUT2D eigenvalue weighted by Gasteiger charge is 2.33. The highest BCUT2D eigenvalue weighted by Crippen LogP contribution is 2.33. The third-order valence-electron chi connectivity index (χ3n) is 3.99. The van der Waals surface area contributed by atoms with E-state index in [2.05, 4.69) is 6.08 Å². The highest BCUT2D eigenvalue weighted by atomic mass is 16.5. The van der Waals surface area contributed by atoms with Gasteiger partial charge in [0.25, 0.3) is 0 Å². The van der Waals surface area contributed by atoms with Crippen LogP contribution in [0.2, 0.25) is 0 Å². The van der Waals surface area contributed by atoms with Gasteiger partial charge < -0.3 is 9.84 Å². The van der Waals surface area contributed by atoms with Gasteiger partial charge in [-0.25, -0.2) is 4.79 Å². The Bertz CT molecular complexity index is 497. The third-order valence-corrected chi connectivity index (χ3v) is 3.99. The molecule has 0 spiro atoms. The summed E-state index contributed by atoms with van der Waals surface area (Å²) in [6.07, 6.45) is 3.32. The van der Waals surface area contributed by atoms with Crippen LogP contribution in [0.25, 0.3) is 0 Å². The van der Waals surface area contributed by atoms with Crippen LogP contribution in [0.15, 0.2) is 42.0 Å². The largest absolute Gasteiger partial charge is 0.454 e. The summed E-state index contributed by atoms with van der Waals surface area (Å²) in [5.74, 6) is -0.195. The van der Waals surface area contributed by atoms with Crippen molar-refractivity contribution in [3.63, 3.8) is 0 Å². The van der Waals surface area contributed by atoms with E-state index in [1.807, 2.05) is 39.0 Å². The van der Waals surface area contributed by atoms with Crippen LogP contribution >= 0.6 is 0 Å². The Morgan fingerprint density at radius 1 is 1.30 bits per heavy atom. The van der Waals surface area contributed by atoms with Gasteiger partial charge in [-0.1, -0.05) is 24.3 Å². The van der Waals surface area contributed by atoms with Crippen LogP contribution in [-0.2, 0) is 4.74 Å². The average molecular weight is 274 g/mol. The van der Waals surface area contributed by atoms with Crippen LogP contribution in [0, 0.1) is 5.92 Å². The monoisotopic (exact) mass is 274 g/mol. The van der Waals surface area contributed by atoms with E-state index in [0.717, 1.165) is 12.0 Å². The fraction of sp³-hybridized carbons (Fsp3) is 0.471. The first kappa shape index (κ1) is 14.8. The van der Waals surface area contributed by atoms with E-state index >= 15 is 0 Å². The van der Waals surface area contributed by atoms with Gasteiger partial charge in [0.2, 0.25) is 0 Å². The fourth-order valence-electron chi connectivity index (χ4n) is 2.49. The maximum atomic E-state index is 12.1. The number of carbonyl (C=O) groups is 1. The maximum Gasteiger partial charge on any atom is 0.338 e. The lowest BCUT2D eigenvalue weighted by Gasteiger charge is -2.35. The second-order valence-corrected chi connectivity index (χ2v) is 6.03. The van der Waals surface area contributed by atoms with Gasteiger partial charge in [-0.2, -0.15) is 0 Å². The lowest BCUT2D eigenvalue weighted by molar-refractivity contribution is -0.0159. The maximum absolute atomic E-state index is 12.1. The van der Waals surface area contributed by atoms with Crippen molar-refractivity contribution in [2.24, 2.45) is 5.92 Å². The summed E-state index contributed by atoms with van der Waals surface area (Å²) in [4.78, 5) is 12.1. The van der Waals surface area contributed by atoms with E-state index in [1.165, 1.54) is 0 Å². The zero-order valence-electron chi connectivity index (χ0n) is 12.3. The molecule has 1 aromatic rings. The van der Waals surface area contributed by atoms with Gasteiger partial charge >= 0.3 is 5.97 Å². The zero-order valence-corrected chi connectivity index (χ0v) is 12.3. The number of carbonyl (C=O) groups excluding carboxylic acids is 1. The van der Waals surface area contributed by atoms with Crippen molar-refractivity contribution in [2.45, 2.75) is 45.3 Å². The lowest BCUT2D eigenvalue weighted by atomic mass is 9.78. The summed E-state index contributed by atoms with van der Waals surface area (Å²) in [7, 11) is 0. The van der Waals surface area contributed by atoms with E-state index in [0.29, 0.717) is 12.0 Å². The van der Waals surface area contributed by atoms with Crippen LogP contribution in [0.4, 0.5) is 0 Å². The van der Waals surface area contributed by atoms with Gasteiger partial charge in [-0.15, -0.1) is 0 Å². The smallest absolute Gasteiger partial charge is 0.338 e. The Hall–Kier alpha value is -1.61. The molecule has 1 aliphatic rings. The average Bonchev–Trinajstić information content (AvgIpc) is 2.41. The molecule has 0 amide bonds. The van der Waals surface area contributed by atoms with Gasteiger partial charge in [0.1, 0.15) is 6.10 Å². The number of hydrogen-bond donors (Lipinski definition) is 1. The number of allylic oxidation sites excluding steroid dienone is 1. The van der Waals surface area contributed by atoms with Gasteiger partial charge in [0.15, 0.2) is 0 Å². The second-order valence-electron chi connectivity index (χ2n) is 6.03. The quantitative estimate of drug-likeness (QED) is 0.679. The summed E-state index contributed by atoms with van der Waals surface area (Å²) < 4.78 is 5.60. The van der Waals surface area contributed by atoms with Crippen molar-refractivity contribution in [3.05, 3.63) is 47.5 Å². The molecule has 2 rings (SSSR count). The number of esters is 1. The van der Waals surface area contributed by atoms with Crippen molar-refractivity contribution >= 4 is 5.97 Å². The molecule has 1 unspecified atom stereocenters. The molecule has 0 aromatic heterocycles. The van der Waals surface area contributed by atoms with Crippen molar-refractivity contribution < 1.29 is 14.6 Å². The minimum absolute atomic E-state index is 0.111. The molecule has 0 saturated carbocycles. The van der Waals surface area contributed by atoms with Crippen LogP contribution in [-0.4, -0.2) is 22.8 Å². The first-order valence-corrected chi connectivity index (χ1v) is 7.03. The second kappa shape index (κ2) is 5.80. The number of benzene rings is 1. The fourth-order valence-corrected chi connectivity index (χ4v) is 2.49. The predicted molar refractivity (Wildman–Crippen MR) is 78.4 cm³/mol. The first-order chi connectivity index (χ1) is 9.38. The Morgan fingerprint density at radius 2 is 1.95 bits per heavy atom. The Labute approximate surface area is 120 Å². The molecule has 3 heteroatoms. The minimum Gasteiger partial charge on any atom is -0.454 e. The molecule has 2 atom stereocenters. The predicted octanol–water partition coefficient (Wildman–Crippen LogP) is 3.34. The van der Waals surface area contributed by atoms with Crippen molar-refractivity contribution in [1.29, 1.82) is 0 Å². The molecule has 20 heavy (non-hydrogen) atoms. The van der Waals surface area contributed by atoms with Crippen LogP contribution in [0.5, 0.6) is 0 Å². The van der Waals surface area contributed by atoms with Gasteiger partial charge in [-0.3, -0.25) is 0 Å². The SMILES string of the molecule is CC1=CCC(C(C)(C)O)C[C@@H]1OC(=O)c1ccccc1. The topological polar surface area (TPSA) is 46.5 Å². The normalized spacial score (nSPS) is 23.1. The molecular weight excluding hydrogens is 252 g/mol. The van der Waals surface area contributed by atoms with E-state index in [4.69, 9.17) is 4.74 Å². The van der Waals surface area contributed by atoms with E-state index in [-0.39, 0.29) is 18.0 Å². The molecule has 1 aliphatic carbocycles. The molecule has 0 radical (unpaired) electrons. The molecule has 1 aromatic carbocycles. The minimum atomic E-state index is -0.755. The molecular formula is C17H22O3. The number of rotatable bonds is 3. The van der Waals surface area contributed by atoms with Gasteiger partial charge in [0, 0.05) is 0 Å². The lowest BCUT2D eigenvalue weighted by Crippen LogP contribution is -2.37. The Morgan fingerprint density at radius 3 is 2.55 bits per heavy atom. The molecule has 0 heterocycles. The molecule has 0 aliphatic heterocycles. The summed E-state index contributed by atoms with van der Waals surface area (Å²) in [6, 6.07) is 9.00. The standard InChI is InChI=1S/C17H22O3/c1-12-9-10-14(17(2,3)19)11-15(12)20-16(18)13-7-5-4-6-8-13/h4-9,14-15,19H,10-11H2,1-3H3/t14?,15-/m0/s1. The van der Waals surface area contributed by atoms with Crippen molar-refractivity contribution in [3.8, 4) is 0 Å². The summed E-state index contributed by atoms with van der Waals surface area (Å²) >= 11 is 0. The third kappa shape index (κ3) is 3.48. The van der Waals surface area contributed by atoms with Crippen LogP contribution in [0.1, 0.15) is 44.0 Å². The van der Waals surface area contributed by atoms with Gasteiger partial charge in [-0.05, 0) is 57.2 Å².